The van der Waals surface area contributed by atoms with Crippen LogP contribution in [0.2, 0.25) is 0 Å². The number of hydrogen-bond donors (Lipinski definition) is 2. The molecule has 0 radical (unpaired) electrons. The Morgan fingerprint density at radius 1 is 1.32 bits per heavy atom. The first-order valence-electron chi connectivity index (χ1n) is 6.50. The molecular formula is C12H26N2O4S. The van der Waals surface area contributed by atoms with E-state index in [-0.39, 0.29) is 23.7 Å². The fourth-order valence-corrected chi connectivity index (χ4v) is 2.59. The lowest BCUT2D eigenvalue weighted by atomic mass is 9.89. The molecule has 19 heavy (non-hydrogen) atoms. The smallest absolute Gasteiger partial charge is 0.267 e. The number of nitrogens with one attached hydrogen (secondary N) is 1. The molecule has 1 amide bonds. The largest absolute Gasteiger partial charge is 0.356 e. The number of amides is 1. The zero-order valence-corrected chi connectivity index (χ0v) is 12.9. The predicted octanol–water partition coefficient (Wildman–Crippen LogP) is 0.624. The second-order valence-electron chi connectivity index (χ2n) is 5.42. The molecule has 0 aromatic rings. The third kappa shape index (κ3) is 10.9. The summed E-state index contributed by atoms with van der Waals surface area (Å²) in [7, 11) is -3.52. The summed E-state index contributed by atoms with van der Waals surface area (Å²) in [6.07, 6.45) is 2.02. The fourth-order valence-electron chi connectivity index (χ4n) is 1.47. The van der Waals surface area contributed by atoms with Gasteiger partial charge in [-0.3, -0.25) is 8.98 Å². The van der Waals surface area contributed by atoms with Gasteiger partial charge in [-0.15, -0.1) is 0 Å². The van der Waals surface area contributed by atoms with Crippen molar-refractivity contribution in [3.05, 3.63) is 0 Å². The van der Waals surface area contributed by atoms with Crippen molar-refractivity contribution in [3.63, 3.8) is 0 Å². The summed E-state index contributed by atoms with van der Waals surface area (Å²) in [6.45, 7) is 6.40. The SMILES string of the molecule is CC(=O)NCCCS(=O)(=O)OCC(C)(C)CCCN. The van der Waals surface area contributed by atoms with Crippen LogP contribution in [0.1, 0.15) is 40.0 Å². The first-order valence-corrected chi connectivity index (χ1v) is 8.08. The van der Waals surface area contributed by atoms with Crippen LogP contribution >= 0.6 is 0 Å². The Bertz CT molecular complexity index is 366. The van der Waals surface area contributed by atoms with Gasteiger partial charge >= 0.3 is 0 Å². The lowest BCUT2D eigenvalue weighted by Crippen LogP contribution is -2.26. The second kappa shape index (κ2) is 8.50. The van der Waals surface area contributed by atoms with Crippen molar-refractivity contribution in [3.8, 4) is 0 Å². The number of carbonyl (C=O) groups is 1. The Labute approximate surface area is 116 Å². The van der Waals surface area contributed by atoms with Crippen LogP contribution in [0.15, 0.2) is 0 Å². The number of nitrogens with two attached hydrogens (primary N) is 1. The van der Waals surface area contributed by atoms with E-state index in [9.17, 15) is 13.2 Å². The van der Waals surface area contributed by atoms with Crippen molar-refractivity contribution in [1.29, 1.82) is 0 Å². The maximum Gasteiger partial charge on any atom is 0.267 e. The molecule has 0 saturated carbocycles. The third-order valence-corrected chi connectivity index (χ3v) is 3.90. The summed E-state index contributed by atoms with van der Waals surface area (Å²) in [5.74, 6) is -0.249. The average Bonchev–Trinajstić information content (AvgIpc) is 2.30. The highest BCUT2D eigenvalue weighted by molar-refractivity contribution is 7.86. The summed E-state index contributed by atoms with van der Waals surface area (Å²) >= 11 is 0. The van der Waals surface area contributed by atoms with Gasteiger partial charge in [0, 0.05) is 13.5 Å². The molecule has 0 atom stereocenters. The Balaban J connectivity index is 3.99. The lowest BCUT2D eigenvalue weighted by Gasteiger charge is -2.23. The normalized spacial score (nSPS) is 12.4. The van der Waals surface area contributed by atoms with E-state index >= 15 is 0 Å². The molecule has 0 aliphatic carbocycles. The summed E-state index contributed by atoms with van der Waals surface area (Å²) in [4.78, 5) is 10.6. The molecule has 0 aromatic heterocycles. The maximum atomic E-state index is 11.6. The molecule has 7 heteroatoms. The van der Waals surface area contributed by atoms with Crippen LogP contribution in [0.3, 0.4) is 0 Å². The minimum absolute atomic E-state index is 0.0831. The molecule has 0 heterocycles. The van der Waals surface area contributed by atoms with E-state index < -0.39 is 10.1 Å². The van der Waals surface area contributed by atoms with E-state index in [0.29, 0.717) is 19.5 Å². The summed E-state index contributed by atoms with van der Waals surface area (Å²) in [5.41, 5.74) is 5.23. The van der Waals surface area contributed by atoms with Crippen molar-refractivity contribution in [2.45, 2.75) is 40.0 Å². The first-order chi connectivity index (χ1) is 8.68. The van der Waals surface area contributed by atoms with Crippen molar-refractivity contribution in [1.82, 2.24) is 5.32 Å². The molecule has 0 rings (SSSR count). The van der Waals surface area contributed by atoms with Gasteiger partial charge in [0.05, 0.1) is 12.4 Å². The molecule has 0 unspecified atom stereocenters. The van der Waals surface area contributed by atoms with Gasteiger partial charge in [0.15, 0.2) is 0 Å². The molecule has 0 aliphatic rings. The molecule has 114 valence electrons. The van der Waals surface area contributed by atoms with E-state index in [1.54, 1.807) is 0 Å². The van der Waals surface area contributed by atoms with Gasteiger partial charge in [-0.1, -0.05) is 13.8 Å². The molecule has 0 spiro atoms. The number of hydrogen-bond acceptors (Lipinski definition) is 5. The highest BCUT2D eigenvalue weighted by Gasteiger charge is 2.21. The van der Waals surface area contributed by atoms with Gasteiger partial charge in [0.1, 0.15) is 0 Å². The van der Waals surface area contributed by atoms with Gasteiger partial charge in [-0.2, -0.15) is 8.42 Å². The van der Waals surface area contributed by atoms with Crippen LogP contribution in [0, 0.1) is 5.41 Å². The third-order valence-electron chi connectivity index (χ3n) is 2.63. The van der Waals surface area contributed by atoms with Gasteiger partial charge in [0.2, 0.25) is 5.91 Å². The number of rotatable bonds is 10. The molecule has 0 saturated heterocycles. The molecule has 0 bridgehead atoms. The zero-order valence-electron chi connectivity index (χ0n) is 12.1. The second-order valence-corrected chi connectivity index (χ2v) is 7.18. The fraction of sp³-hybridized carbons (Fsp3) is 0.917. The van der Waals surface area contributed by atoms with Crippen LogP contribution in [0.25, 0.3) is 0 Å². The predicted molar refractivity (Wildman–Crippen MR) is 75.1 cm³/mol. The number of carbonyl (C=O) groups excluding carboxylic acids is 1. The molecular weight excluding hydrogens is 268 g/mol. The average molecular weight is 294 g/mol. The van der Waals surface area contributed by atoms with E-state index in [4.69, 9.17) is 9.92 Å². The Hall–Kier alpha value is -0.660. The monoisotopic (exact) mass is 294 g/mol. The molecule has 0 aromatic carbocycles. The standard InChI is InChI=1S/C12H26N2O4S/c1-11(15)14-8-5-9-19(16,17)18-10-12(2,3)6-4-7-13/h4-10,13H2,1-3H3,(H,14,15). The van der Waals surface area contributed by atoms with Crippen LogP contribution in [-0.4, -0.2) is 39.8 Å². The Morgan fingerprint density at radius 3 is 2.47 bits per heavy atom. The molecule has 0 fully saturated rings. The zero-order chi connectivity index (χ0) is 14.9. The minimum atomic E-state index is -3.52. The van der Waals surface area contributed by atoms with Crippen molar-refractivity contribution in [2.24, 2.45) is 11.1 Å². The quantitative estimate of drug-likeness (QED) is 0.455. The first kappa shape index (κ1) is 18.3. The molecule has 0 aliphatic heterocycles. The minimum Gasteiger partial charge on any atom is -0.356 e. The van der Waals surface area contributed by atoms with Gasteiger partial charge in [-0.05, 0) is 31.2 Å². The van der Waals surface area contributed by atoms with Gasteiger partial charge in [0.25, 0.3) is 10.1 Å². The maximum absolute atomic E-state index is 11.6. The van der Waals surface area contributed by atoms with Crippen LogP contribution < -0.4 is 11.1 Å². The Morgan fingerprint density at radius 2 is 1.95 bits per heavy atom. The summed E-state index contributed by atoms with van der Waals surface area (Å²) < 4.78 is 28.3. The van der Waals surface area contributed by atoms with Crippen LogP contribution in [-0.2, 0) is 19.1 Å². The summed E-state index contributed by atoms with van der Waals surface area (Å²) in [5, 5.41) is 2.55. The van der Waals surface area contributed by atoms with E-state index in [1.165, 1.54) is 6.92 Å². The summed E-state index contributed by atoms with van der Waals surface area (Å²) in [6, 6.07) is 0. The molecule has 3 N–H and O–H groups in total. The topological polar surface area (TPSA) is 98.5 Å². The van der Waals surface area contributed by atoms with Crippen LogP contribution in [0.4, 0.5) is 0 Å². The van der Waals surface area contributed by atoms with Crippen molar-refractivity contribution < 1.29 is 17.4 Å². The molecule has 6 nitrogen and oxygen atoms in total. The van der Waals surface area contributed by atoms with Crippen LogP contribution in [0.5, 0.6) is 0 Å². The van der Waals surface area contributed by atoms with Crippen molar-refractivity contribution >= 4 is 16.0 Å². The van der Waals surface area contributed by atoms with Gasteiger partial charge < -0.3 is 11.1 Å². The van der Waals surface area contributed by atoms with Gasteiger partial charge in [-0.25, -0.2) is 0 Å². The Kier molecular flexibility index (Phi) is 8.20. The van der Waals surface area contributed by atoms with E-state index in [0.717, 1.165) is 12.8 Å². The van der Waals surface area contributed by atoms with E-state index in [1.807, 2.05) is 13.8 Å². The highest BCUT2D eigenvalue weighted by Crippen LogP contribution is 2.23. The van der Waals surface area contributed by atoms with Crippen molar-refractivity contribution in [2.75, 3.05) is 25.4 Å². The van der Waals surface area contributed by atoms with E-state index in [2.05, 4.69) is 5.32 Å². The highest BCUT2D eigenvalue weighted by atomic mass is 32.2. The lowest BCUT2D eigenvalue weighted by molar-refractivity contribution is -0.118.